The molecule has 0 bridgehead atoms. The Bertz CT molecular complexity index is 788. The third-order valence-corrected chi connectivity index (χ3v) is 3.17. The molecule has 0 aromatic heterocycles. The van der Waals surface area contributed by atoms with Crippen molar-refractivity contribution in [3.63, 3.8) is 0 Å². The fourth-order valence-corrected chi connectivity index (χ4v) is 2.17. The van der Waals surface area contributed by atoms with Crippen LogP contribution in [0.2, 0.25) is 0 Å². The highest BCUT2D eigenvalue weighted by Gasteiger charge is 2.14. The summed E-state index contributed by atoms with van der Waals surface area (Å²) in [6, 6.07) is 4.90. The van der Waals surface area contributed by atoms with Gasteiger partial charge >= 0.3 is 6.03 Å². The van der Waals surface area contributed by atoms with Crippen LogP contribution in [0.5, 0.6) is 0 Å². The second kappa shape index (κ2) is 4.35. The quantitative estimate of drug-likeness (QED) is 0.749. The lowest BCUT2D eigenvalue weighted by molar-refractivity contribution is 0.256. The molecule has 0 unspecified atom stereocenters. The molecule has 19 heavy (non-hydrogen) atoms. The van der Waals surface area contributed by atoms with Gasteiger partial charge in [-0.25, -0.2) is 4.79 Å². The van der Waals surface area contributed by atoms with Crippen molar-refractivity contribution in [1.29, 1.82) is 0 Å². The number of aliphatic hydroxyl groups is 1. The minimum absolute atomic E-state index is 0.274. The van der Waals surface area contributed by atoms with Crippen molar-refractivity contribution in [2.24, 2.45) is 9.98 Å². The van der Waals surface area contributed by atoms with Crippen molar-refractivity contribution < 1.29 is 9.90 Å². The van der Waals surface area contributed by atoms with Crippen molar-refractivity contribution in [2.75, 3.05) is 0 Å². The molecule has 0 saturated heterocycles. The first-order valence-corrected chi connectivity index (χ1v) is 6.03. The van der Waals surface area contributed by atoms with Crippen LogP contribution >= 0.6 is 0 Å². The van der Waals surface area contributed by atoms with E-state index in [0.717, 1.165) is 11.0 Å². The largest absolute Gasteiger partial charge is 0.511 e. The Kier molecular flexibility index (Phi) is 2.67. The number of aliphatic hydroxyl groups excluding tert-OH is 1. The first-order valence-electron chi connectivity index (χ1n) is 6.03. The molecule has 1 aromatic rings. The Labute approximate surface area is 110 Å². The molecule has 1 aliphatic carbocycles. The van der Waals surface area contributed by atoms with Crippen molar-refractivity contribution >= 4 is 19.5 Å². The summed E-state index contributed by atoms with van der Waals surface area (Å²) < 4.78 is 0. The minimum atomic E-state index is -0.491. The molecule has 0 radical (unpaired) electrons. The SMILES string of the molecule is BC1=CCC(O)=C(c2cccc3c2=NC(=O)N=3)C=C1. The fraction of sp³-hybridized carbons (Fsp3) is 0.0714. The predicted octanol–water partition coefficient (Wildman–Crippen LogP) is 0.805. The van der Waals surface area contributed by atoms with E-state index in [0.29, 0.717) is 22.7 Å². The molecule has 1 heterocycles. The summed E-state index contributed by atoms with van der Waals surface area (Å²) in [4.78, 5) is 19.0. The number of hydrogen-bond acceptors (Lipinski definition) is 2. The van der Waals surface area contributed by atoms with Crippen LogP contribution < -0.4 is 10.7 Å². The first-order chi connectivity index (χ1) is 9.15. The number of hydrogen-bond donors (Lipinski definition) is 1. The number of benzene rings is 1. The molecule has 1 N–H and O–H groups in total. The summed E-state index contributed by atoms with van der Waals surface area (Å²) >= 11 is 0. The number of carbonyl (C=O) groups is 1. The Balaban J connectivity index is 2.24. The number of para-hydroxylation sites is 1. The lowest BCUT2D eigenvalue weighted by atomic mass is 9.94. The zero-order valence-corrected chi connectivity index (χ0v) is 10.4. The van der Waals surface area contributed by atoms with Crippen LogP contribution in [0.15, 0.2) is 57.6 Å². The zero-order valence-electron chi connectivity index (χ0n) is 10.4. The van der Waals surface area contributed by atoms with E-state index in [1.54, 1.807) is 6.07 Å². The Morgan fingerprint density at radius 1 is 1.21 bits per heavy atom. The van der Waals surface area contributed by atoms with E-state index in [1.807, 2.05) is 38.2 Å². The topological polar surface area (TPSA) is 62.0 Å². The number of nitrogens with zero attached hydrogens (tertiary/aromatic N) is 2. The number of carbonyl (C=O) groups excluding carboxylic acids is 1. The van der Waals surface area contributed by atoms with Gasteiger partial charge in [0.15, 0.2) is 0 Å². The molecule has 2 aliphatic rings. The Hall–Kier alpha value is -2.43. The summed E-state index contributed by atoms with van der Waals surface area (Å²) in [6.07, 6.45) is 6.21. The van der Waals surface area contributed by atoms with Gasteiger partial charge in [-0.1, -0.05) is 35.8 Å². The molecule has 0 spiro atoms. The summed E-state index contributed by atoms with van der Waals surface area (Å²) in [5.74, 6) is 0.274. The third-order valence-electron chi connectivity index (χ3n) is 3.17. The highest BCUT2D eigenvalue weighted by molar-refractivity contribution is 6.23. The number of allylic oxidation sites excluding steroid dienone is 5. The minimum Gasteiger partial charge on any atom is -0.511 e. The summed E-state index contributed by atoms with van der Waals surface area (Å²) in [5.41, 5.74) is 2.52. The van der Waals surface area contributed by atoms with Gasteiger partial charge in [-0.15, -0.1) is 0 Å². The van der Waals surface area contributed by atoms with Gasteiger partial charge in [-0.05, 0) is 6.07 Å². The number of rotatable bonds is 1. The summed E-state index contributed by atoms with van der Waals surface area (Å²) in [5, 5.41) is 11.2. The van der Waals surface area contributed by atoms with E-state index in [-0.39, 0.29) is 5.76 Å². The van der Waals surface area contributed by atoms with Crippen LogP contribution in [-0.2, 0) is 0 Å². The zero-order chi connectivity index (χ0) is 13.4. The molecular formula is C14H11BN2O2. The second-order valence-corrected chi connectivity index (χ2v) is 4.53. The van der Waals surface area contributed by atoms with Crippen LogP contribution in [0, 0.1) is 0 Å². The first kappa shape index (κ1) is 11.7. The van der Waals surface area contributed by atoms with Gasteiger partial charge in [0.25, 0.3) is 0 Å². The average molecular weight is 250 g/mol. The maximum atomic E-state index is 11.3. The van der Waals surface area contributed by atoms with Gasteiger partial charge in [0, 0.05) is 17.6 Å². The van der Waals surface area contributed by atoms with Crippen LogP contribution in [0.25, 0.3) is 5.57 Å². The van der Waals surface area contributed by atoms with Crippen molar-refractivity contribution in [1.82, 2.24) is 0 Å². The molecule has 0 saturated carbocycles. The van der Waals surface area contributed by atoms with Gasteiger partial charge in [0.05, 0.1) is 5.36 Å². The van der Waals surface area contributed by atoms with E-state index in [1.165, 1.54) is 0 Å². The fourth-order valence-electron chi connectivity index (χ4n) is 2.17. The Morgan fingerprint density at radius 2 is 2.05 bits per heavy atom. The molecule has 4 nitrogen and oxygen atoms in total. The molecule has 0 atom stereocenters. The van der Waals surface area contributed by atoms with E-state index >= 15 is 0 Å². The molecule has 5 heteroatoms. The van der Waals surface area contributed by atoms with Gasteiger partial charge in [-0.2, -0.15) is 9.98 Å². The standard InChI is InChI=1S/C14H11BN2O2/c15-8-4-6-9(12(18)7-5-8)10-2-1-3-11-13(10)17-14(19)16-11/h1-6,18H,7,15H2. The molecule has 2 amide bonds. The van der Waals surface area contributed by atoms with Crippen molar-refractivity contribution in [2.45, 2.75) is 6.42 Å². The highest BCUT2D eigenvalue weighted by Crippen LogP contribution is 2.22. The molecule has 0 fully saturated rings. The maximum Gasteiger partial charge on any atom is 0.368 e. The van der Waals surface area contributed by atoms with E-state index in [4.69, 9.17) is 0 Å². The smallest absolute Gasteiger partial charge is 0.368 e. The van der Waals surface area contributed by atoms with Crippen molar-refractivity contribution in [3.05, 3.63) is 63.9 Å². The average Bonchev–Trinajstić information content (AvgIpc) is 2.69. The van der Waals surface area contributed by atoms with E-state index in [2.05, 4.69) is 9.98 Å². The van der Waals surface area contributed by atoms with Crippen molar-refractivity contribution in [3.8, 4) is 0 Å². The lowest BCUT2D eigenvalue weighted by Gasteiger charge is -2.04. The molecule has 1 aliphatic heterocycles. The predicted molar refractivity (Wildman–Crippen MR) is 74.1 cm³/mol. The monoisotopic (exact) mass is 250 g/mol. The third kappa shape index (κ3) is 2.03. The van der Waals surface area contributed by atoms with Crippen LogP contribution in [-0.4, -0.2) is 19.0 Å². The van der Waals surface area contributed by atoms with E-state index < -0.39 is 6.03 Å². The van der Waals surface area contributed by atoms with Gasteiger partial charge in [0.1, 0.15) is 19.0 Å². The molecule has 3 rings (SSSR count). The molecule has 92 valence electrons. The van der Waals surface area contributed by atoms with Crippen LogP contribution in [0.1, 0.15) is 12.0 Å². The van der Waals surface area contributed by atoms with E-state index in [9.17, 15) is 9.90 Å². The normalized spacial score (nSPS) is 17.5. The van der Waals surface area contributed by atoms with Gasteiger partial charge in [0.2, 0.25) is 0 Å². The molecular weight excluding hydrogens is 239 g/mol. The molecule has 1 aromatic carbocycles. The number of urea groups is 1. The number of fused-ring (bicyclic) bond motifs is 1. The van der Waals surface area contributed by atoms with Gasteiger partial charge in [-0.3, -0.25) is 0 Å². The van der Waals surface area contributed by atoms with Crippen LogP contribution in [0.4, 0.5) is 4.79 Å². The maximum absolute atomic E-state index is 11.3. The van der Waals surface area contributed by atoms with Gasteiger partial charge < -0.3 is 5.11 Å². The summed E-state index contributed by atoms with van der Waals surface area (Å²) in [7, 11) is 1.98. The van der Waals surface area contributed by atoms with Crippen LogP contribution in [0.3, 0.4) is 0 Å². The lowest BCUT2D eigenvalue weighted by Crippen LogP contribution is -2.25. The Morgan fingerprint density at radius 3 is 2.89 bits per heavy atom. The number of amides is 2. The highest BCUT2D eigenvalue weighted by atomic mass is 16.3. The summed E-state index contributed by atoms with van der Waals surface area (Å²) in [6.45, 7) is 0. The second-order valence-electron chi connectivity index (χ2n) is 4.53.